The summed E-state index contributed by atoms with van der Waals surface area (Å²) in [7, 11) is 0. The van der Waals surface area contributed by atoms with E-state index in [1.807, 2.05) is 6.07 Å². The van der Waals surface area contributed by atoms with E-state index in [-0.39, 0.29) is 22.3 Å². The molecule has 1 aromatic carbocycles. The van der Waals surface area contributed by atoms with E-state index in [1.54, 1.807) is 6.92 Å². The van der Waals surface area contributed by atoms with Crippen LogP contribution in [0.1, 0.15) is 17.3 Å². The van der Waals surface area contributed by atoms with Crippen LogP contribution in [-0.2, 0) is 0 Å². The molecular weight excluding hydrogens is 302 g/mol. The van der Waals surface area contributed by atoms with Crippen molar-refractivity contribution >= 4 is 27.5 Å². The first-order valence-electron chi connectivity index (χ1n) is 5.12. The molecular formula is C11H10BrN3O3. The molecule has 18 heavy (non-hydrogen) atoms. The van der Waals surface area contributed by atoms with Crippen molar-refractivity contribution in [1.82, 2.24) is 4.90 Å². The van der Waals surface area contributed by atoms with E-state index in [4.69, 9.17) is 5.26 Å². The maximum atomic E-state index is 12.1. The third kappa shape index (κ3) is 2.84. The van der Waals surface area contributed by atoms with Gasteiger partial charge in [0.15, 0.2) is 0 Å². The number of nitriles is 1. The van der Waals surface area contributed by atoms with Gasteiger partial charge in [-0.3, -0.25) is 14.9 Å². The molecule has 0 fully saturated rings. The molecule has 0 N–H and O–H groups in total. The molecule has 0 aliphatic rings. The van der Waals surface area contributed by atoms with Crippen molar-refractivity contribution < 1.29 is 9.72 Å². The van der Waals surface area contributed by atoms with Gasteiger partial charge in [-0.05, 0) is 28.9 Å². The minimum absolute atomic E-state index is 0.0511. The maximum Gasteiger partial charge on any atom is 0.284 e. The third-order valence-electron chi connectivity index (χ3n) is 2.34. The van der Waals surface area contributed by atoms with E-state index in [1.165, 1.54) is 23.1 Å². The summed E-state index contributed by atoms with van der Waals surface area (Å²) in [6.07, 6.45) is 0. The van der Waals surface area contributed by atoms with Gasteiger partial charge < -0.3 is 4.90 Å². The van der Waals surface area contributed by atoms with Gasteiger partial charge in [-0.2, -0.15) is 5.26 Å². The number of carbonyl (C=O) groups is 1. The fourth-order valence-electron chi connectivity index (χ4n) is 1.41. The summed E-state index contributed by atoms with van der Waals surface area (Å²) in [5, 5.41) is 19.4. The number of carbonyl (C=O) groups excluding carboxylic acids is 1. The molecule has 0 saturated heterocycles. The quantitative estimate of drug-likeness (QED) is 0.485. The minimum Gasteiger partial charge on any atom is -0.326 e. The van der Waals surface area contributed by atoms with Crippen LogP contribution in [0.25, 0.3) is 0 Å². The van der Waals surface area contributed by atoms with Crippen molar-refractivity contribution in [1.29, 1.82) is 5.26 Å². The monoisotopic (exact) mass is 311 g/mol. The van der Waals surface area contributed by atoms with Gasteiger partial charge in [0, 0.05) is 12.6 Å². The molecule has 0 radical (unpaired) electrons. The van der Waals surface area contributed by atoms with Crippen molar-refractivity contribution in [2.24, 2.45) is 0 Å². The summed E-state index contributed by atoms with van der Waals surface area (Å²) in [5.41, 5.74) is 0.00941. The number of hydrogen-bond donors (Lipinski definition) is 0. The molecule has 0 aliphatic carbocycles. The lowest BCUT2D eigenvalue weighted by Gasteiger charge is -2.17. The summed E-state index contributed by atoms with van der Waals surface area (Å²) in [5.74, 6) is -0.408. The first-order valence-corrected chi connectivity index (χ1v) is 5.91. The number of nitrogens with zero attached hydrogens (tertiary/aromatic N) is 3. The fraction of sp³-hybridized carbons (Fsp3) is 0.273. The Morgan fingerprint density at radius 1 is 1.61 bits per heavy atom. The minimum atomic E-state index is -0.568. The lowest BCUT2D eigenvalue weighted by molar-refractivity contribution is -0.385. The molecule has 0 saturated carbocycles. The fourth-order valence-corrected chi connectivity index (χ4v) is 1.99. The van der Waals surface area contributed by atoms with Crippen LogP contribution >= 0.6 is 15.9 Å². The molecule has 1 aromatic rings. The number of rotatable bonds is 4. The summed E-state index contributed by atoms with van der Waals surface area (Å²) in [6.45, 7) is 2.05. The number of amides is 1. The number of hydrogen-bond acceptors (Lipinski definition) is 4. The first kappa shape index (κ1) is 14.1. The molecule has 0 aromatic heterocycles. The number of nitro benzene ring substituents is 1. The predicted octanol–water partition coefficient (Wildman–Crippen LogP) is 2.34. The maximum absolute atomic E-state index is 12.1. The van der Waals surface area contributed by atoms with Gasteiger partial charge in [-0.15, -0.1) is 0 Å². The van der Waals surface area contributed by atoms with Crippen LogP contribution in [0, 0.1) is 21.4 Å². The lowest BCUT2D eigenvalue weighted by Crippen LogP contribution is -2.31. The highest BCUT2D eigenvalue weighted by Crippen LogP contribution is 2.29. The van der Waals surface area contributed by atoms with E-state index in [2.05, 4.69) is 15.9 Å². The second-order valence-electron chi connectivity index (χ2n) is 3.37. The first-order chi connectivity index (χ1) is 8.52. The Kier molecular flexibility index (Phi) is 4.80. The Labute approximate surface area is 112 Å². The molecule has 6 nitrogen and oxygen atoms in total. The van der Waals surface area contributed by atoms with Crippen LogP contribution in [0.15, 0.2) is 22.7 Å². The van der Waals surface area contributed by atoms with E-state index in [0.717, 1.165) is 0 Å². The van der Waals surface area contributed by atoms with Crippen molar-refractivity contribution in [3.63, 3.8) is 0 Å². The zero-order valence-electron chi connectivity index (χ0n) is 9.59. The van der Waals surface area contributed by atoms with Gasteiger partial charge in [0.25, 0.3) is 11.6 Å². The van der Waals surface area contributed by atoms with Crippen LogP contribution in [-0.4, -0.2) is 28.8 Å². The normalized spacial score (nSPS) is 9.61. The molecule has 1 rings (SSSR count). The zero-order valence-corrected chi connectivity index (χ0v) is 11.2. The summed E-state index contributed by atoms with van der Waals surface area (Å²) < 4.78 is 0.136. The van der Waals surface area contributed by atoms with Crippen LogP contribution in [0.3, 0.4) is 0 Å². The van der Waals surface area contributed by atoms with E-state index in [0.29, 0.717) is 6.54 Å². The molecule has 0 bridgehead atoms. The van der Waals surface area contributed by atoms with Crippen molar-refractivity contribution in [3.05, 3.63) is 38.3 Å². The smallest absolute Gasteiger partial charge is 0.284 e. The molecule has 1 amide bonds. The number of nitro groups is 1. The molecule has 0 heterocycles. The second kappa shape index (κ2) is 6.12. The van der Waals surface area contributed by atoms with Gasteiger partial charge in [0.05, 0.1) is 16.6 Å². The average Bonchev–Trinajstić information content (AvgIpc) is 2.35. The van der Waals surface area contributed by atoms with Gasteiger partial charge in [0.1, 0.15) is 11.0 Å². The van der Waals surface area contributed by atoms with Gasteiger partial charge >= 0.3 is 0 Å². The molecule has 0 aliphatic heterocycles. The molecule has 94 valence electrons. The Bertz CT molecular complexity index is 525. The second-order valence-corrected chi connectivity index (χ2v) is 4.17. The molecule has 0 unspecified atom stereocenters. The standard InChI is InChI=1S/C11H10BrN3O3/c1-2-14(7-6-13)11(16)8-4-3-5-9(10(8)12)15(17)18/h3-5H,2,7H2,1H3. The van der Waals surface area contributed by atoms with Crippen molar-refractivity contribution in [2.45, 2.75) is 6.92 Å². The Morgan fingerprint density at radius 2 is 2.28 bits per heavy atom. The van der Waals surface area contributed by atoms with Crippen LogP contribution in [0.4, 0.5) is 5.69 Å². The summed E-state index contributed by atoms with van der Waals surface area (Å²) in [4.78, 5) is 23.6. The van der Waals surface area contributed by atoms with Crippen molar-refractivity contribution in [3.8, 4) is 6.07 Å². The average molecular weight is 312 g/mol. The van der Waals surface area contributed by atoms with Gasteiger partial charge in [0.2, 0.25) is 0 Å². The highest BCUT2D eigenvalue weighted by Gasteiger charge is 2.22. The van der Waals surface area contributed by atoms with Gasteiger partial charge in [-0.1, -0.05) is 6.07 Å². The largest absolute Gasteiger partial charge is 0.326 e. The molecule has 7 heteroatoms. The van der Waals surface area contributed by atoms with E-state index in [9.17, 15) is 14.9 Å². The van der Waals surface area contributed by atoms with E-state index >= 15 is 0 Å². The lowest BCUT2D eigenvalue weighted by atomic mass is 10.1. The Hall–Kier alpha value is -1.94. The predicted molar refractivity (Wildman–Crippen MR) is 68.0 cm³/mol. The Morgan fingerprint density at radius 3 is 2.78 bits per heavy atom. The van der Waals surface area contributed by atoms with Crippen molar-refractivity contribution in [2.75, 3.05) is 13.1 Å². The van der Waals surface area contributed by atoms with Crippen LogP contribution < -0.4 is 0 Å². The third-order valence-corrected chi connectivity index (χ3v) is 3.17. The summed E-state index contributed by atoms with van der Waals surface area (Å²) in [6, 6.07) is 6.12. The van der Waals surface area contributed by atoms with Crippen LogP contribution in [0.5, 0.6) is 0 Å². The highest BCUT2D eigenvalue weighted by molar-refractivity contribution is 9.10. The summed E-state index contributed by atoms with van der Waals surface area (Å²) >= 11 is 3.06. The topological polar surface area (TPSA) is 87.2 Å². The van der Waals surface area contributed by atoms with Crippen LogP contribution in [0.2, 0.25) is 0 Å². The number of benzene rings is 1. The van der Waals surface area contributed by atoms with E-state index < -0.39 is 10.8 Å². The Balaban J connectivity index is 3.18. The molecule has 0 atom stereocenters. The molecule has 0 spiro atoms. The van der Waals surface area contributed by atoms with Gasteiger partial charge in [-0.25, -0.2) is 0 Å². The zero-order chi connectivity index (χ0) is 13.7. The SMILES string of the molecule is CCN(CC#N)C(=O)c1cccc([N+](=O)[O-])c1Br. The number of halogens is 1. The highest BCUT2D eigenvalue weighted by atomic mass is 79.9.